The average Bonchev–Trinajstić information content (AvgIpc) is 2.77. The van der Waals surface area contributed by atoms with Crippen LogP contribution in [0.3, 0.4) is 0 Å². The zero-order valence-electron chi connectivity index (χ0n) is 11.2. The predicted octanol–water partition coefficient (Wildman–Crippen LogP) is 4.96. The predicted molar refractivity (Wildman–Crippen MR) is 82.0 cm³/mol. The van der Waals surface area contributed by atoms with Crippen molar-refractivity contribution in [3.8, 4) is 0 Å². The molecule has 96 valence electrons. The maximum Gasteiger partial charge on any atom is 0.0498 e. The molecule has 0 fully saturated rings. The molecule has 3 rings (SSSR count). The van der Waals surface area contributed by atoms with Crippen molar-refractivity contribution in [2.75, 3.05) is 0 Å². The fourth-order valence-corrected chi connectivity index (χ4v) is 2.62. The van der Waals surface area contributed by atoms with Crippen molar-refractivity contribution in [3.05, 3.63) is 70.4 Å². The fourth-order valence-electron chi connectivity index (χ4n) is 2.45. The molecule has 2 aromatic carbocycles. The summed E-state index contributed by atoms with van der Waals surface area (Å²) in [5, 5.41) is 2.02. The Morgan fingerprint density at radius 3 is 2.68 bits per heavy atom. The number of aromatic nitrogens is 1. The molecular weight excluding hydrogens is 254 g/mol. The highest BCUT2D eigenvalue weighted by Gasteiger charge is 2.04. The summed E-state index contributed by atoms with van der Waals surface area (Å²) in [5.74, 6) is 0. The molecule has 0 aliphatic carbocycles. The van der Waals surface area contributed by atoms with E-state index < -0.39 is 0 Å². The van der Waals surface area contributed by atoms with Crippen LogP contribution in [0.2, 0.25) is 5.02 Å². The number of hydrogen-bond acceptors (Lipinski definition) is 0. The van der Waals surface area contributed by atoms with Crippen LogP contribution in [0.25, 0.3) is 10.9 Å². The maximum atomic E-state index is 6.09. The smallest absolute Gasteiger partial charge is 0.0498 e. The SMILES string of the molecule is Cc1ccc(C)c(Cn2ccc3ccc(Cl)cc32)c1. The molecule has 0 aliphatic rings. The summed E-state index contributed by atoms with van der Waals surface area (Å²) in [7, 11) is 0. The summed E-state index contributed by atoms with van der Waals surface area (Å²) in [6.07, 6.45) is 2.13. The number of nitrogens with zero attached hydrogens (tertiary/aromatic N) is 1. The van der Waals surface area contributed by atoms with Crippen LogP contribution in [0.4, 0.5) is 0 Å². The lowest BCUT2D eigenvalue weighted by molar-refractivity contribution is 0.829. The van der Waals surface area contributed by atoms with Gasteiger partial charge in [0.05, 0.1) is 0 Å². The van der Waals surface area contributed by atoms with Gasteiger partial charge in [0.25, 0.3) is 0 Å². The highest BCUT2D eigenvalue weighted by Crippen LogP contribution is 2.22. The van der Waals surface area contributed by atoms with Crippen molar-refractivity contribution < 1.29 is 0 Å². The monoisotopic (exact) mass is 269 g/mol. The van der Waals surface area contributed by atoms with Crippen molar-refractivity contribution >= 4 is 22.5 Å². The Hall–Kier alpha value is -1.73. The number of benzene rings is 2. The van der Waals surface area contributed by atoms with Gasteiger partial charge in [0.15, 0.2) is 0 Å². The third kappa shape index (κ3) is 2.39. The minimum atomic E-state index is 0.786. The third-order valence-corrected chi connectivity index (χ3v) is 3.82. The lowest BCUT2D eigenvalue weighted by atomic mass is 10.1. The third-order valence-electron chi connectivity index (χ3n) is 3.58. The molecule has 0 saturated heterocycles. The number of rotatable bonds is 2. The Bertz CT molecular complexity index is 740. The van der Waals surface area contributed by atoms with Gasteiger partial charge in [-0.25, -0.2) is 0 Å². The van der Waals surface area contributed by atoms with Crippen LogP contribution >= 0.6 is 11.6 Å². The second-order valence-electron chi connectivity index (χ2n) is 5.08. The van der Waals surface area contributed by atoms with Gasteiger partial charge in [0.1, 0.15) is 0 Å². The maximum absolute atomic E-state index is 6.09. The van der Waals surface area contributed by atoms with E-state index in [0.717, 1.165) is 11.6 Å². The molecule has 0 atom stereocenters. The van der Waals surface area contributed by atoms with E-state index in [1.807, 2.05) is 12.1 Å². The molecule has 1 nitrogen and oxygen atoms in total. The molecule has 19 heavy (non-hydrogen) atoms. The Morgan fingerprint density at radius 1 is 1.00 bits per heavy atom. The first kappa shape index (κ1) is 12.3. The van der Waals surface area contributed by atoms with E-state index >= 15 is 0 Å². The largest absolute Gasteiger partial charge is 0.343 e. The van der Waals surface area contributed by atoms with Crippen molar-refractivity contribution in [1.82, 2.24) is 4.57 Å². The van der Waals surface area contributed by atoms with Crippen molar-refractivity contribution in [1.29, 1.82) is 0 Å². The topological polar surface area (TPSA) is 4.93 Å². The van der Waals surface area contributed by atoms with Gasteiger partial charge in [-0.05, 0) is 48.6 Å². The van der Waals surface area contributed by atoms with Gasteiger partial charge in [0.2, 0.25) is 0 Å². The molecule has 2 heteroatoms. The molecule has 0 saturated carbocycles. The summed E-state index contributed by atoms with van der Waals surface area (Å²) in [6, 6.07) is 14.8. The minimum Gasteiger partial charge on any atom is -0.343 e. The molecule has 0 N–H and O–H groups in total. The highest BCUT2D eigenvalue weighted by atomic mass is 35.5. The van der Waals surface area contributed by atoms with Crippen LogP contribution in [-0.2, 0) is 6.54 Å². The second kappa shape index (κ2) is 4.75. The lowest BCUT2D eigenvalue weighted by Gasteiger charge is -2.10. The molecule has 3 aromatic rings. The first-order valence-corrected chi connectivity index (χ1v) is 6.82. The Morgan fingerprint density at radius 2 is 1.84 bits per heavy atom. The van der Waals surface area contributed by atoms with E-state index in [4.69, 9.17) is 11.6 Å². The standard InChI is InChI=1S/C17H16ClN/c1-12-3-4-13(2)15(9-12)11-19-8-7-14-5-6-16(18)10-17(14)19/h3-10H,11H2,1-2H3. The summed E-state index contributed by atoms with van der Waals surface area (Å²) in [6.45, 7) is 5.18. The van der Waals surface area contributed by atoms with Gasteiger partial charge in [-0.3, -0.25) is 0 Å². The zero-order chi connectivity index (χ0) is 13.4. The van der Waals surface area contributed by atoms with Gasteiger partial charge in [-0.1, -0.05) is 41.4 Å². The van der Waals surface area contributed by atoms with Crippen LogP contribution in [0.5, 0.6) is 0 Å². The van der Waals surface area contributed by atoms with E-state index in [1.165, 1.54) is 27.6 Å². The Kier molecular flexibility index (Phi) is 3.08. The molecule has 1 aromatic heterocycles. The average molecular weight is 270 g/mol. The van der Waals surface area contributed by atoms with Gasteiger partial charge in [0, 0.05) is 23.3 Å². The number of fused-ring (bicyclic) bond motifs is 1. The molecule has 1 heterocycles. The first-order chi connectivity index (χ1) is 9.13. The van der Waals surface area contributed by atoms with Crippen LogP contribution in [0.1, 0.15) is 16.7 Å². The van der Waals surface area contributed by atoms with Gasteiger partial charge in [-0.2, -0.15) is 0 Å². The molecule has 0 amide bonds. The van der Waals surface area contributed by atoms with Gasteiger partial charge >= 0.3 is 0 Å². The molecule has 0 spiro atoms. The molecule has 0 unspecified atom stereocenters. The van der Waals surface area contributed by atoms with Crippen molar-refractivity contribution in [2.45, 2.75) is 20.4 Å². The lowest BCUT2D eigenvalue weighted by Crippen LogP contribution is -2.00. The van der Waals surface area contributed by atoms with Crippen LogP contribution < -0.4 is 0 Å². The number of aryl methyl sites for hydroxylation is 2. The van der Waals surface area contributed by atoms with E-state index in [-0.39, 0.29) is 0 Å². The number of halogens is 1. The summed E-state index contributed by atoms with van der Waals surface area (Å²) >= 11 is 6.09. The molecular formula is C17H16ClN. The fraction of sp³-hybridized carbons (Fsp3) is 0.176. The summed E-state index contributed by atoms with van der Waals surface area (Å²) in [4.78, 5) is 0. The Labute approximate surface area is 118 Å². The van der Waals surface area contributed by atoms with Crippen molar-refractivity contribution in [2.24, 2.45) is 0 Å². The molecule has 0 bridgehead atoms. The Balaban J connectivity index is 2.05. The normalized spacial score (nSPS) is 11.1. The van der Waals surface area contributed by atoms with Gasteiger partial charge < -0.3 is 4.57 Å². The second-order valence-corrected chi connectivity index (χ2v) is 5.51. The minimum absolute atomic E-state index is 0.786. The quantitative estimate of drug-likeness (QED) is 0.620. The summed E-state index contributed by atoms with van der Waals surface area (Å²) in [5.41, 5.74) is 5.18. The van der Waals surface area contributed by atoms with Crippen molar-refractivity contribution in [3.63, 3.8) is 0 Å². The van der Waals surface area contributed by atoms with Crippen LogP contribution in [-0.4, -0.2) is 4.57 Å². The van der Waals surface area contributed by atoms with Crippen LogP contribution in [0, 0.1) is 13.8 Å². The molecule has 0 radical (unpaired) electrons. The van der Waals surface area contributed by atoms with E-state index in [0.29, 0.717) is 0 Å². The highest BCUT2D eigenvalue weighted by molar-refractivity contribution is 6.31. The van der Waals surface area contributed by atoms with E-state index in [1.54, 1.807) is 0 Å². The zero-order valence-corrected chi connectivity index (χ0v) is 11.9. The number of hydrogen-bond donors (Lipinski definition) is 0. The van der Waals surface area contributed by atoms with Crippen LogP contribution in [0.15, 0.2) is 48.7 Å². The first-order valence-electron chi connectivity index (χ1n) is 6.44. The van der Waals surface area contributed by atoms with E-state index in [9.17, 15) is 0 Å². The molecule has 0 aliphatic heterocycles. The summed E-state index contributed by atoms with van der Waals surface area (Å²) < 4.78 is 2.25. The van der Waals surface area contributed by atoms with E-state index in [2.05, 4.69) is 54.9 Å². The van der Waals surface area contributed by atoms with Gasteiger partial charge in [-0.15, -0.1) is 0 Å².